The summed E-state index contributed by atoms with van der Waals surface area (Å²) in [6.45, 7) is 7.24. The van der Waals surface area contributed by atoms with Crippen molar-refractivity contribution in [3.8, 4) is 5.75 Å². The van der Waals surface area contributed by atoms with E-state index in [0.717, 1.165) is 38.5 Å². The first-order valence-electron chi connectivity index (χ1n) is 5.78. The van der Waals surface area contributed by atoms with Crippen molar-refractivity contribution in [2.75, 3.05) is 44.7 Å². The Bertz CT molecular complexity index is 380. The smallest absolute Gasteiger partial charge is 0.199 e. The Morgan fingerprint density at radius 2 is 2.00 bits per heavy atom. The lowest BCUT2D eigenvalue weighted by Gasteiger charge is -2.35. The number of nitrogens with zero attached hydrogens (tertiary/aromatic N) is 4. The van der Waals surface area contributed by atoms with Gasteiger partial charge in [-0.15, -0.1) is 0 Å². The summed E-state index contributed by atoms with van der Waals surface area (Å²) in [5, 5.41) is 0.371. The fourth-order valence-corrected chi connectivity index (χ4v) is 2.23. The zero-order valence-electron chi connectivity index (χ0n) is 10.2. The van der Waals surface area contributed by atoms with Crippen molar-refractivity contribution < 1.29 is 4.74 Å². The number of rotatable bonds is 3. The Hall–Kier alpha value is -1.07. The minimum Gasteiger partial charge on any atom is -0.490 e. The van der Waals surface area contributed by atoms with Crippen molar-refractivity contribution in [2.24, 2.45) is 0 Å². The maximum Gasteiger partial charge on any atom is 0.199 e. The van der Waals surface area contributed by atoms with Gasteiger partial charge in [0.1, 0.15) is 6.33 Å². The summed E-state index contributed by atoms with van der Waals surface area (Å²) < 4.78 is 5.27. The van der Waals surface area contributed by atoms with Crippen molar-refractivity contribution in [1.29, 1.82) is 0 Å². The van der Waals surface area contributed by atoms with Crippen LogP contribution in [0.2, 0.25) is 5.15 Å². The predicted octanol–water partition coefficient (Wildman–Crippen LogP) is 1.28. The van der Waals surface area contributed by atoms with E-state index in [-0.39, 0.29) is 0 Å². The topological polar surface area (TPSA) is 41.5 Å². The van der Waals surface area contributed by atoms with Gasteiger partial charge in [0, 0.05) is 26.2 Å². The molecule has 1 fully saturated rings. The van der Waals surface area contributed by atoms with Crippen LogP contribution in [0.15, 0.2) is 6.33 Å². The molecule has 0 N–H and O–H groups in total. The summed E-state index contributed by atoms with van der Waals surface area (Å²) in [5.41, 5.74) is 0. The van der Waals surface area contributed by atoms with Crippen molar-refractivity contribution in [2.45, 2.75) is 6.92 Å². The molecule has 0 unspecified atom stereocenters. The summed E-state index contributed by atoms with van der Waals surface area (Å²) in [6.07, 6.45) is 1.48. The Balaban J connectivity index is 2.15. The highest BCUT2D eigenvalue weighted by Crippen LogP contribution is 2.31. The summed E-state index contributed by atoms with van der Waals surface area (Å²) in [7, 11) is 1.59. The molecule has 1 aromatic heterocycles. The lowest BCUT2D eigenvalue weighted by atomic mass is 10.3. The lowest BCUT2D eigenvalue weighted by Crippen LogP contribution is -2.46. The van der Waals surface area contributed by atoms with Gasteiger partial charge in [0.15, 0.2) is 16.7 Å². The van der Waals surface area contributed by atoms with Gasteiger partial charge >= 0.3 is 0 Å². The van der Waals surface area contributed by atoms with Crippen LogP contribution in [-0.2, 0) is 0 Å². The first kappa shape index (κ1) is 12.4. The van der Waals surface area contributed by atoms with E-state index in [1.165, 1.54) is 6.33 Å². The molecule has 6 heteroatoms. The van der Waals surface area contributed by atoms with Crippen molar-refractivity contribution >= 4 is 17.4 Å². The van der Waals surface area contributed by atoms with E-state index in [1.54, 1.807) is 7.11 Å². The van der Waals surface area contributed by atoms with Crippen LogP contribution in [0.1, 0.15) is 6.92 Å². The number of likely N-dealkylation sites (N-methyl/N-ethyl adjacent to an activating group) is 1. The summed E-state index contributed by atoms with van der Waals surface area (Å²) >= 11 is 5.99. The molecule has 0 aromatic carbocycles. The monoisotopic (exact) mass is 256 g/mol. The molecular formula is C11H17ClN4O. The van der Waals surface area contributed by atoms with Crippen LogP contribution >= 0.6 is 11.6 Å². The summed E-state index contributed by atoms with van der Waals surface area (Å²) in [6, 6.07) is 0. The number of halogens is 1. The Kier molecular flexibility index (Phi) is 4.02. The molecule has 0 atom stereocenters. The first-order valence-corrected chi connectivity index (χ1v) is 6.15. The number of piperazine rings is 1. The molecule has 2 rings (SSSR count). The molecule has 2 heterocycles. The summed E-state index contributed by atoms with van der Waals surface area (Å²) in [4.78, 5) is 12.8. The van der Waals surface area contributed by atoms with E-state index in [0.29, 0.717) is 10.9 Å². The molecule has 0 spiro atoms. The Morgan fingerprint density at radius 1 is 1.29 bits per heavy atom. The number of hydrogen-bond acceptors (Lipinski definition) is 5. The van der Waals surface area contributed by atoms with Gasteiger partial charge in [-0.2, -0.15) is 0 Å². The number of hydrogen-bond donors (Lipinski definition) is 0. The zero-order valence-corrected chi connectivity index (χ0v) is 10.9. The second-order valence-electron chi connectivity index (χ2n) is 3.94. The zero-order chi connectivity index (χ0) is 12.3. The van der Waals surface area contributed by atoms with E-state index in [2.05, 4.69) is 26.7 Å². The van der Waals surface area contributed by atoms with Gasteiger partial charge < -0.3 is 14.5 Å². The van der Waals surface area contributed by atoms with Gasteiger partial charge in [0.05, 0.1) is 7.11 Å². The molecule has 1 saturated heterocycles. The third-order valence-corrected chi connectivity index (χ3v) is 3.33. The molecule has 1 aliphatic heterocycles. The van der Waals surface area contributed by atoms with Gasteiger partial charge in [0.25, 0.3) is 0 Å². The maximum absolute atomic E-state index is 5.99. The largest absolute Gasteiger partial charge is 0.490 e. The second kappa shape index (κ2) is 5.51. The van der Waals surface area contributed by atoms with Crippen LogP contribution in [0.5, 0.6) is 5.75 Å². The molecule has 0 amide bonds. The Morgan fingerprint density at radius 3 is 2.59 bits per heavy atom. The lowest BCUT2D eigenvalue weighted by molar-refractivity contribution is 0.269. The molecule has 0 bridgehead atoms. The highest BCUT2D eigenvalue weighted by Gasteiger charge is 2.21. The van der Waals surface area contributed by atoms with Crippen LogP contribution in [0.25, 0.3) is 0 Å². The molecule has 0 saturated carbocycles. The van der Waals surface area contributed by atoms with E-state index in [4.69, 9.17) is 16.3 Å². The van der Waals surface area contributed by atoms with Gasteiger partial charge in [-0.25, -0.2) is 9.97 Å². The fourth-order valence-electron chi connectivity index (χ4n) is 2.02. The van der Waals surface area contributed by atoms with Crippen LogP contribution < -0.4 is 9.64 Å². The van der Waals surface area contributed by atoms with Crippen molar-refractivity contribution in [1.82, 2.24) is 14.9 Å². The maximum atomic E-state index is 5.99. The van der Waals surface area contributed by atoms with Gasteiger partial charge in [-0.1, -0.05) is 18.5 Å². The number of ether oxygens (including phenoxy) is 1. The standard InChI is InChI=1S/C11H17ClN4O/c1-3-15-4-6-16(7-5-15)11-9(17-2)10(12)13-8-14-11/h8H,3-7H2,1-2H3. The molecule has 1 aliphatic rings. The van der Waals surface area contributed by atoms with Gasteiger partial charge in [0.2, 0.25) is 0 Å². The normalized spacial score (nSPS) is 17.2. The number of methoxy groups -OCH3 is 1. The third-order valence-electron chi connectivity index (χ3n) is 3.06. The highest BCUT2D eigenvalue weighted by molar-refractivity contribution is 6.31. The van der Waals surface area contributed by atoms with Crippen molar-refractivity contribution in [3.05, 3.63) is 11.5 Å². The Labute approximate surface area is 106 Å². The molecule has 0 radical (unpaired) electrons. The van der Waals surface area contributed by atoms with Crippen LogP contribution in [0, 0.1) is 0 Å². The van der Waals surface area contributed by atoms with Gasteiger partial charge in [-0.05, 0) is 6.54 Å². The number of anilines is 1. The quantitative estimate of drug-likeness (QED) is 0.762. The second-order valence-corrected chi connectivity index (χ2v) is 4.30. The SMILES string of the molecule is CCN1CCN(c2ncnc(Cl)c2OC)CC1. The van der Waals surface area contributed by atoms with Crippen LogP contribution in [0.4, 0.5) is 5.82 Å². The molecule has 1 aromatic rings. The van der Waals surface area contributed by atoms with Gasteiger partial charge in [-0.3, -0.25) is 0 Å². The molecule has 94 valence electrons. The fraction of sp³-hybridized carbons (Fsp3) is 0.636. The van der Waals surface area contributed by atoms with Crippen LogP contribution in [-0.4, -0.2) is 54.7 Å². The minimum atomic E-state index is 0.371. The molecule has 0 aliphatic carbocycles. The molecular weight excluding hydrogens is 240 g/mol. The number of aromatic nitrogens is 2. The highest BCUT2D eigenvalue weighted by atomic mass is 35.5. The summed E-state index contributed by atoms with van der Waals surface area (Å²) in [5.74, 6) is 1.36. The van der Waals surface area contributed by atoms with E-state index >= 15 is 0 Å². The van der Waals surface area contributed by atoms with Crippen LogP contribution in [0.3, 0.4) is 0 Å². The average Bonchev–Trinajstić information content (AvgIpc) is 2.38. The molecule has 17 heavy (non-hydrogen) atoms. The van der Waals surface area contributed by atoms with E-state index in [1.807, 2.05) is 0 Å². The predicted molar refractivity (Wildman–Crippen MR) is 67.9 cm³/mol. The third kappa shape index (κ3) is 2.61. The average molecular weight is 257 g/mol. The first-order chi connectivity index (χ1) is 8.26. The van der Waals surface area contributed by atoms with E-state index < -0.39 is 0 Å². The van der Waals surface area contributed by atoms with E-state index in [9.17, 15) is 0 Å². The van der Waals surface area contributed by atoms with Crippen molar-refractivity contribution in [3.63, 3.8) is 0 Å². The minimum absolute atomic E-state index is 0.371. The molecule has 5 nitrogen and oxygen atoms in total.